The molecule has 6 heteroatoms. The average molecular weight is 268 g/mol. The van der Waals surface area contributed by atoms with E-state index in [1.807, 2.05) is 13.8 Å². The Morgan fingerprint density at radius 2 is 2.11 bits per heavy atom. The lowest BCUT2D eigenvalue weighted by atomic mass is 10.1. The first-order valence-electron chi connectivity index (χ1n) is 6.47. The van der Waals surface area contributed by atoms with Crippen molar-refractivity contribution < 1.29 is 19.2 Å². The fraction of sp³-hybridized carbons (Fsp3) is 0.615. The zero-order chi connectivity index (χ0) is 14.3. The molecule has 0 aliphatic rings. The molecule has 1 aromatic heterocycles. The lowest BCUT2D eigenvalue weighted by molar-refractivity contribution is -0.137. The third-order valence-electron chi connectivity index (χ3n) is 2.68. The van der Waals surface area contributed by atoms with E-state index in [2.05, 4.69) is 10.5 Å². The number of nitrogens with zero attached hydrogens (tertiary/aromatic N) is 1. The minimum atomic E-state index is -0.784. The fourth-order valence-electron chi connectivity index (χ4n) is 1.54. The van der Waals surface area contributed by atoms with Gasteiger partial charge in [0.2, 0.25) is 0 Å². The molecule has 0 atom stereocenters. The summed E-state index contributed by atoms with van der Waals surface area (Å²) < 4.78 is 5.04. The van der Waals surface area contributed by atoms with Crippen LogP contribution in [-0.2, 0) is 4.79 Å². The molecule has 0 aromatic carbocycles. The van der Waals surface area contributed by atoms with E-state index in [4.69, 9.17) is 9.63 Å². The Balaban J connectivity index is 2.22. The Morgan fingerprint density at radius 1 is 1.37 bits per heavy atom. The lowest BCUT2D eigenvalue weighted by Crippen LogP contribution is -2.24. The number of carboxylic acids is 1. The molecule has 1 aromatic rings. The van der Waals surface area contributed by atoms with Crippen LogP contribution >= 0.6 is 0 Å². The number of carbonyl (C=O) groups is 2. The molecular formula is C13H20N2O4. The highest BCUT2D eigenvalue weighted by Crippen LogP contribution is 2.14. The van der Waals surface area contributed by atoms with Crippen LogP contribution in [0.3, 0.4) is 0 Å². The van der Waals surface area contributed by atoms with Gasteiger partial charge in [0, 0.05) is 24.9 Å². The first-order valence-corrected chi connectivity index (χ1v) is 6.47. The standard InChI is InChI=1S/C13H20N2O4/c1-9(2)11-8-10(15-19-11)13(18)14-7-5-3-4-6-12(16)17/h8-9H,3-7H2,1-2H3,(H,14,18)(H,16,17). The third-order valence-corrected chi connectivity index (χ3v) is 2.68. The molecule has 0 fully saturated rings. The Labute approximate surface area is 112 Å². The van der Waals surface area contributed by atoms with E-state index in [-0.39, 0.29) is 23.9 Å². The molecule has 1 amide bonds. The minimum Gasteiger partial charge on any atom is -0.481 e. The SMILES string of the molecule is CC(C)c1cc(C(=O)NCCCCCC(=O)O)no1. The Bertz CT molecular complexity index is 426. The molecule has 0 aliphatic carbocycles. The highest BCUT2D eigenvalue weighted by molar-refractivity contribution is 5.92. The van der Waals surface area contributed by atoms with Crippen LogP contribution in [0.25, 0.3) is 0 Å². The molecule has 0 spiro atoms. The highest BCUT2D eigenvalue weighted by Gasteiger charge is 2.13. The van der Waals surface area contributed by atoms with Crippen molar-refractivity contribution in [2.24, 2.45) is 0 Å². The van der Waals surface area contributed by atoms with E-state index in [0.29, 0.717) is 18.7 Å². The summed E-state index contributed by atoms with van der Waals surface area (Å²) in [5, 5.41) is 14.9. The van der Waals surface area contributed by atoms with Gasteiger partial charge in [0.15, 0.2) is 5.69 Å². The normalized spacial score (nSPS) is 10.7. The number of hydrogen-bond acceptors (Lipinski definition) is 4. The van der Waals surface area contributed by atoms with Crippen LogP contribution in [0.1, 0.15) is 61.7 Å². The van der Waals surface area contributed by atoms with Gasteiger partial charge in [-0.2, -0.15) is 0 Å². The van der Waals surface area contributed by atoms with Crippen LogP contribution in [0.4, 0.5) is 0 Å². The molecule has 1 rings (SSSR count). The number of unbranched alkanes of at least 4 members (excludes halogenated alkanes) is 2. The second-order valence-corrected chi connectivity index (χ2v) is 4.73. The smallest absolute Gasteiger partial charge is 0.303 e. The summed E-state index contributed by atoms with van der Waals surface area (Å²) in [6.45, 7) is 4.44. The van der Waals surface area contributed by atoms with E-state index in [0.717, 1.165) is 12.8 Å². The molecule has 0 radical (unpaired) electrons. The third kappa shape index (κ3) is 5.54. The van der Waals surface area contributed by atoms with Crippen LogP contribution in [-0.4, -0.2) is 28.7 Å². The number of carboxylic acid groups (broad SMARTS) is 1. The number of rotatable bonds is 8. The maximum absolute atomic E-state index is 11.7. The summed E-state index contributed by atoms with van der Waals surface area (Å²) in [4.78, 5) is 22.0. The monoisotopic (exact) mass is 268 g/mol. The van der Waals surface area contributed by atoms with E-state index in [1.54, 1.807) is 6.07 Å². The van der Waals surface area contributed by atoms with E-state index in [1.165, 1.54) is 0 Å². The maximum atomic E-state index is 11.7. The van der Waals surface area contributed by atoms with Crippen molar-refractivity contribution in [3.63, 3.8) is 0 Å². The number of carbonyl (C=O) groups excluding carboxylic acids is 1. The van der Waals surface area contributed by atoms with Crippen molar-refractivity contribution in [3.8, 4) is 0 Å². The van der Waals surface area contributed by atoms with Gasteiger partial charge in [0.25, 0.3) is 5.91 Å². The van der Waals surface area contributed by atoms with Gasteiger partial charge in [-0.15, -0.1) is 0 Å². The molecule has 1 heterocycles. The van der Waals surface area contributed by atoms with Gasteiger partial charge < -0.3 is 14.9 Å². The van der Waals surface area contributed by atoms with Crippen molar-refractivity contribution in [1.82, 2.24) is 10.5 Å². The number of hydrogen-bond donors (Lipinski definition) is 2. The topological polar surface area (TPSA) is 92.4 Å². The van der Waals surface area contributed by atoms with Crippen LogP contribution in [0.5, 0.6) is 0 Å². The predicted octanol–water partition coefficient (Wildman–Crippen LogP) is 2.17. The molecule has 0 unspecified atom stereocenters. The van der Waals surface area contributed by atoms with Crippen molar-refractivity contribution >= 4 is 11.9 Å². The summed E-state index contributed by atoms with van der Waals surface area (Å²) in [5.74, 6) is -0.154. The predicted molar refractivity (Wildman–Crippen MR) is 69.0 cm³/mol. The van der Waals surface area contributed by atoms with Gasteiger partial charge >= 0.3 is 5.97 Å². The van der Waals surface area contributed by atoms with Gasteiger partial charge in [-0.3, -0.25) is 9.59 Å². The molecule has 2 N–H and O–H groups in total. The van der Waals surface area contributed by atoms with E-state index >= 15 is 0 Å². The van der Waals surface area contributed by atoms with Gasteiger partial charge in [0.05, 0.1) is 0 Å². The largest absolute Gasteiger partial charge is 0.481 e. The van der Waals surface area contributed by atoms with Gasteiger partial charge in [-0.25, -0.2) is 0 Å². The summed E-state index contributed by atoms with van der Waals surface area (Å²) in [5.41, 5.74) is 0.286. The van der Waals surface area contributed by atoms with Crippen LogP contribution in [0.2, 0.25) is 0 Å². The van der Waals surface area contributed by atoms with Crippen molar-refractivity contribution in [1.29, 1.82) is 0 Å². The van der Waals surface area contributed by atoms with Gasteiger partial charge in [-0.1, -0.05) is 25.4 Å². The molecule has 19 heavy (non-hydrogen) atoms. The van der Waals surface area contributed by atoms with Gasteiger partial charge in [-0.05, 0) is 12.8 Å². The number of aromatic nitrogens is 1. The summed E-state index contributed by atoms with van der Waals surface area (Å²) in [6.07, 6.45) is 2.35. The van der Waals surface area contributed by atoms with Gasteiger partial charge in [0.1, 0.15) is 5.76 Å². The lowest BCUT2D eigenvalue weighted by Gasteiger charge is -2.01. The molecule has 0 aliphatic heterocycles. The second-order valence-electron chi connectivity index (χ2n) is 4.73. The maximum Gasteiger partial charge on any atom is 0.303 e. The Morgan fingerprint density at radius 3 is 2.68 bits per heavy atom. The van der Waals surface area contributed by atoms with Crippen molar-refractivity contribution in [3.05, 3.63) is 17.5 Å². The fourth-order valence-corrected chi connectivity index (χ4v) is 1.54. The van der Waals surface area contributed by atoms with Crippen molar-refractivity contribution in [2.45, 2.75) is 45.4 Å². The summed E-state index contributed by atoms with van der Waals surface area (Å²) >= 11 is 0. The number of aliphatic carboxylic acids is 1. The molecule has 0 bridgehead atoms. The van der Waals surface area contributed by atoms with Crippen LogP contribution < -0.4 is 5.32 Å². The molecule has 0 saturated heterocycles. The van der Waals surface area contributed by atoms with Crippen molar-refractivity contribution in [2.75, 3.05) is 6.54 Å². The number of nitrogens with one attached hydrogen (secondary N) is 1. The Kier molecular flexibility index (Phi) is 6.05. The van der Waals surface area contributed by atoms with Crippen LogP contribution in [0.15, 0.2) is 10.6 Å². The summed E-state index contributed by atoms with van der Waals surface area (Å²) in [7, 11) is 0. The second kappa shape index (κ2) is 7.56. The molecule has 0 saturated carbocycles. The summed E-state index contributed by atoms with van der Waals surface area (Å²) in [6, 6.07) is 1.64. The molecule has 106 valence electrons. The first-order chi connectivity index (χ1) is 9.00. The molecule has 6 nitrogen and oxygen atoms in total. The Hall–Kier alpha value is -1.85. The average Bonchev–Trinajstić information content (AvgIpc) is 2.82. The van der Waals surface area contributed by atoms with Crippen LogP contribution in [0, 0.1) is 0 Å². The first kappa shape index (κ1) is 15.2. The van der Waals surface area contributed by atoms with E-state index < -0.39 is 5.97 Å². The molecular weight excluding hydrogens is 248 g/mol. The quantitative estimate of drug-likeness (QED) is 0.705. The highest BCUT2D eigenvalue weighted by atomic mass is 16.5. The zero-order valence-corrected chi connectivity index (χ0v) is 11.3. The number of amides is 1. The zero-order valence-electron chi connectivity index (χ0n) is 11.3. The minimum absolute atomic E-state index is 0.176. The van der Waals surface area contributed by atoms with E-state index in [9.17, 15) is 9.59 Å².